The molecule has 0 amide bonds. The first-order chi connectivity index (χ1) is 14.0. The highest BCUT2D eigenvalue weighted by atomic mass is 16.4. The molecule has 29 heavy (non-hydrogen) atoms. The van der Waals surface area contributed by atoms with Gasteiger partial charge in [-0.1, -0.05) is 29.8 Å². The molecule has 152 valence electrons. The van der Waals surface area contributed by atoms with Gasteiger partial charge in [-0.05, 0) is 50.7 Å². The van der Waals surface area contributed by atoms with Crippen LogP contribution in [0.5, 0.6) is 0 Å². The maximum atomic E-state index is 11.2. The predicted octanol–water partition coefficient (Wildman–Crippen LogP) is 3.86. The fraction of sp³-hybridized carbons (Fsp3) is 0.348. The van der Waals surface area contributed by atoms with E-state index in [2.05, 4.69) is 57.7 Å². The summed E-state index contributed by atoms with van der Waals surface area (Å²) >= 11 is 0. The van der Waals surface area contributed by atoms with Crippen molar-refractivity contribution < 1.29 is 9.90 Å². The summed E-state index contributed by atoms with van der Waals surface area (Å²) in [6, 6.07) is 12.3. The smallest absolute Gasteiger partial charge is 0.335 e. The van der Waals surface area contributed by atoms with Gasteiger partial charge in [-0.2, -0.15) is 0 Å². The van der Waals surface area contributed by atoms with Crippen LogP contribution in [0.4, 0.5) is 0 Å². The Bertz CT molecular complexity index is 892. The number of hydrogen-bond donors (Lipinski definition) is 1. The molecule has 1 fully saturated rings. The van der Waals surface area contributed by atoms with Gasteiger partial charge >= 0.3 is 5.97 Å². The summed E-state index contributed by atoms with van der Waals surface area (Å²) in [7, 11) is 1.99. The van der Waals surface area contributed by atoms with Crippen LogP contribution in [-0.2, 0) is 0 Å². The third kappa shape index (κ3) is 5.29. The zero-order valence-electron chi connectivity index (χ0n) is 17.1. The van der Waals surface area contributed by atoms with E-state index in [1.165, 1.54) is 42.3 Å². The van der Waals surface area contributed by atoms with E-state index in [0.29, 0.717) is 17.4 Å². The standard InChI is InChI=1S/C23H28N4O2/c1-17-6-8-18(9-7-17)22-5-4-12-27(22)14-13-26(3)16-21(24-2)20-15-19(23(28)29)10-11-25-20/h6-11,15-16,22H,2,4-5,12-14H2,1,3H3,(H,28,29)/b21-16-/t22-/m1/s1. The number of aryl methyl sites for hydroxylation is 1. The molecule has 1 N–H and O–H groups in total. The Labute approximate surface area is 172 Å². The molecule has 1 atom stereocenters. The predicted molar refractivity (Wildman–Crippen MR) is 116 cm³/mol. The summed E-state index contributed by atoms with van der Waals surface area (Å²) in [6.45, 7) is 8.61. The van der Waals surface area contributed by atoms with Gasteiger partial charge in [-0.3, -0.25) is 14.9 Å². The molecule has 0 spiro atoms. The van der Waals surface area contributed by atoms with Gasteiger partial charge in [0.25, 0.3) is 0 Å². The van der Waals surface area contributed by atoms with E-state index in [1.807, 2.05) is 13.2 Å². The van der Waals surface area contributed by atoms with Gasteiger partial charge in [-0.15, -0.1) is 0 Å². The molecular formula is C23H28N4O2. The van der Waals surface area contributed by atoms with Crippen LogP contribution in [0.15, 0.2) is 53.8 Å². The first-order valence-corrected chi connectivity index (χ1v) is 9.87. The average molecular weight is 393 g/mol. The second-order valence-electron chi connectivity index (χ2n) is 7.49. The Balaban J connectivity index is 1.65. The molecule has 0 aliphatic carbocycles. The molecular weight excluding hydrogens is 364 g/mol. The SMILES string of the molecule is C=N/C(=C\N(C)CCN1CCC[C@@H]1c1ccc(C)cc1)c1cc(C(=O)O)ccn1. The van der Waals surface area contributed by atoms with Crippen LogP contribution >= 0.6 is 0 Å². The number of rotatable bonds is 8. The van der Waals surface area contributed by atoms with Crippen molar-refractivity contribution in [3.8, 4) is 0 Å². The molecule has 1 aromatic heterocycles. The van der Waals surface area contributed by atoms with Gasteiger partial charge < -0.3 is 10.0 Å². The highest BCUT2D eigenvalue weighted by molar-refractivity contribution is 5.88. The number of likely N-dealkylation sites (tertiary alicyclic amines) is 1. The fourth-order valence-electron chi connectivity index (χ4n) is 3.71. The van der Waals surface area contributed by atoms with E-state index in [1.54, 1.807) is 0 Å². The van der Waals surface area contributed by atoms with Crippen LogP contribution < -0.4 is 0 Å². The number of nitrogens with zero attached hydrogens (tertiary/aromatic N) is 4. The number of aromatic nitrogens is 1. The molecule has 0 saturated carbocycles. The number of carboxylic acids is 1. The van der Waals surface area contributed by atoms with Gasteiger partial charge in [-0.25, -0.2) is 4.79 Å². The first kappa shape index (κ1) is 20.7. The lowest BCUT2D eigenvalue weighted by Gasteiger charge is -2.27. The van der Waals surface area contributed by atoms with E-state index in [0.717, 1.165) is 19.6 Å². The normalized spacial score (nSPS) is 17.3. The van der Waals surface area contributed by atoms with Crippen LogP contribution in [0.3, 0.4) is 0 Å². The molecule has 1 aliphatic heterocycles. The van der Waals surface area contributed by atoms with E-state index < -0.39 is 5.97 Å². The third-order valence-corrected chi connectivity index (χ3v) is 5.35. The average Bonchev–Trinajstić information content (AvgIpc) is 3.19. The zero-order chi connectivity index (χ0) is 20.8. The number of likely N-dealkylation sites (N-methyl/N-ethyl adjacent to an activating group) is 1. The topological polar surface area (TPSA) is 69.0 Å². The van der Waals surface area contributed by atoms with E-state index in [9.17, 15) is 9.90 Å². The number of carbonyl (C=O) groups is 1. The number of hydrogen-bond acceptors (Lipinski definition) is 5. The largest absolute Gasteiger partial charge is 0.478 e. The van der Waals surface area contributed by atoms with Crippen molar-refractivity contribution >= 4 is 18.4 Å². The Morgan fingerprint density at radius 3 is 2.83 bits per heavy atom. The van der Waals surface area contributed by atoms with Crippen LogP contribution in [0.2, 0.25) is 0 Å². The van der Waals surface area contributed by atoms with Gasteiger partial charge in [0.15, 0.2) is 0 Å². The van der Waals surface area contributed by atoms with Crippen molar-refractivity contribution in [3.05, 3.63) is 71.2 Å². The number of aromatic carboxylic acids is 1. The second-order valence-corrected chi connectivity index (χ2v) is 7.49. The molecule has 0 radical (unpaired) electrons. The molecule has 0 bridgehead atoms. The van der Waals surface area contributed by atoms with Crippen LogP contribution in [0, 0.1) is 6.92 Å². The lowest BCUT2D eigenvalue weighted by Crippen LogP contribution is -2.31. The van der Waals surface area contributed by atoms with Gasteiger partial charge in [0.1, 0.15) is 5.70 Å². The van der Waals surface area contributed by atoms with Crippen molar-refractivity contribution in [3.63, 3.8) is 0 Å². The highest BCUT2D eigenvalue weighted by Gasteiger charge is 2.25. The van der Waals surface area contributed by atoms with Crippen molar-refractivity contribution in [2.45, 2.75) is 25.8 Å². The summed E-state index contributed by atoms with van der Waals surface area (Å²) in [4.78, 5) is 24.1. The minimum atomic E-state index is -0.985. The molecule has 1 aromatic carbocycles. The van der Waals surface area contributed by atoms with E-state index in [4.69, 9.17) is 0 Å². The molecule has 6 nitrogen and oxygen atoms in total. The van der Waals surface area contributed by atoms with Gasteiger partial charge in [0.2, 0.25) is 0 Å². The summed E-state index contributed by atoms with van der Waals surface area (Å²) in [5, 5.41) is 9.18. The molecule has 6 heteroatoms. The Kier molecular flexibility index (Phi) is 6.77. The van der Waals surface area contributed by atoms with Gasteiger partial charge in [0.05, 0.1) is 11.3 Å². The minimum absolute atomic E-state index is 0.185. The first-order valence-electron chi connectivity index (χ1n) is 9.87. The second kappa shape index (κ2) is 9.47. The van der Waals surface area contributed by atoms with Crippen LogP contribution in [0.25, 0.3) is 5.70 Å². The highest BCUT2D eigenvalue weighted by Crippen LogP contribution is 2.31. The minimum Gasteiger partial charge on any atom is -0.478 e. The van der Waals surface area contributed by atoms with Crippen molar-refractivity contribution in [2.24, 2.45) is 4.99 Å². The van der Waals surface area contributed by atoms with E-state index >= 15 is 0 Å². The maximum absolute atomic E-state index is 11.2. The van der Waals surface area contributed by atoms with Crippen molar-refractivity contribution in [2.75, 3.05) is 26.7 Å². The Morgan fingerprint density at radius 1 is 1.38 bits per heavy atom. The number of aliphatic imine (C=N–C) groups is 1. The number of benzene rings is 1. The molecule has 3 rings (SSSR count). The lowest BCUT2D eigenvalue weighted by atomic mass is 10.0. The lowest BCUT2D eigenvalue weighted by molar-refractivity contribution is 0.0696. The number of carboxylic acid groups (broad SMARTS) is 1. The third-order valence-electron chi connectivity index (χ3n) is 5.35. The molecule has 2 aromatic rings. The molecule has 2 heterocycles. The monoisotopic (exact) mass is 392 g/mol. The molecule has 1 saturated heterocycles. The van der Waals surface area contributed by atoms with Crippen molar-refractivity contribution in [1.29, 1.82) is 0 Å². The summed E-state index contributed by atoms with van der Waals surface area (Å²) in [5.41, 5.74) is 3.92. The summed E-state index contributed by atoms with van der Waals surface area (Å²) in [5.74, 6) is -0.985. The van der Waals surface area contributed by atoms with E-state index in [-0.39, 0.29) is 5.56 Å². The van der Waals surface area contributed by atoms with Crippen LogP contribution in [-0.4, -0.2) is 59.3 Å². The quantitative estimate of drug-likeness (QED) is 0.691. The number of pyridine rings is 1. The molecule has 1 aliphatic rings. The van der Waals surface area contributed by atoms with Gasteiger partial charge in [0, 0.05) is 38.6 Å². The van der Waals surface area contributed by atoms with Crippen LogP contribution in [0.1, 0.15) is 46.1 Å². The Morgan fingerprint density at radius 2 is 2.14 bits per heavy atom. The van der Waals surface area contributed by atoms with Crippen molar-refractivity contribution in [1.82, 2.24) is 14.8 Å². The Hall–Kier alpha value is -2.99. The maximum Gasteiger partial charge on any atom is 0.335 e. The summed E-state index contributed by atoms with van der Waals surface area (Å²) < 4.78 is 0. The zero-order valence-corrected chi connectivity index (χ0v) is 17.1. The fourth-order valence-corrected chi connectivity index (χ4v) is 3.71. The summed E-state index contributed by atoms with van der Waals surface area (Å²) in [6.07, 6.45) is 5.75. The molecule has 0 unspecified atom stereocenters.